The number of halogens is 1. The first-order valence-electron chi connectivity index (χ1n) is 4.22. The second-order valence-electron chi connectivity index (χ2n) is 2.72. The normalized spacial score (nSPS) is 10.0. The molecule has 0 atom stereocenters. The number of rotatable bonds is 4. The molecule has 2 nitrogen and oxygen atoms in total. The van der Waals surface area contributed by atoms with Crippen LogP contribution >= 0.6 is 27.3 Å². The minimum absolute atomic E-state index is 0.128. The van der Waals surface area contributed by atoms with Crippen molar-refractivity contribution in [3.63, 3.8) is 0 Å². The van der Waals surface area contributed by atoms with Gasteiger partial charge in [0.05, 0.1) is 6.54 Å². The molecule has 0 aliphatic carbocycles. The molecule has 0 spiro atoms. The maximum Gasteiger partial charge on any atom is 0.220 e. The van der Waals surface area contributed by atoms with Crippen LogP contribution in [-0.2, 0) is 11.3 Å². The van der Waals surface area contributed by atoms with E-state index in [0.29, 0.717) is 13.0 Å². The third-order valence-electron chi connectivity index (χ3n) is 1.61. The maximum atomic E-state index is 11.1. The highest BCUT2D eigenvalue weighted by Gasteiger charge is 2.03. The van der Waals surface area contributed by atoms with E-state index in [2.05, 4.69) is 21.2 Å². The minimum Gasteiger partial charge on any atom is -0.351 e. The zero-order valence-electron chi connectivity index (χ0n) is 7.47. The van der Waals surface area contributed by atoms with E-state index in [-0.39, 0.29) is 5.91 Å². The van der Waals surface area contributed by atoms with Gasteiger partial charge in [-0.1, -0.05) is 6.92 Å². The van der Waals surface area contributed by atoms with Gasteiger partial charge in [0.2, 0.25) is 5.91 Å². The Morgan fingerprint density at radius 3 is 3.00 bits per heavy atom. The number of thiophene rings is 1. The molecule has 1 aromatic heterocycles. The Labute approximate surface area is 90.5 Å². The summed E-state index contributed by atoms with van der Waals surface area (Å²) in [6.45, 7) is 2.64. The number of hydrogen-bond donors (Lipinski definition) is 1. The quantitative estimate of drug-likeness (QED) is 0.888. The first-order valence-corrected chi connectivity index (χ1v) is 5.90. The summed E-state index contributed by atoms with van der Waals surface area (Å²) in [5.41, 5.74) is 0. The van der Waals surface area contributed by atoms with E-state index in [1.165, 1.54) is 4.88 Å². The second kappa shape index (κ2) is 5.40. The number of carbonyl (C=O) groups excluding carboxylic acids is 1. The Bertz CT molecular complexity index is 285. The molecule has 0 unspecified atom stereocenters. The molecule has 0 saturated carbocycles. The van der Waals surface area contributed by atoms with Crippen LogP contribution in [0.15, 0.2) is 15.9 Å². The fourth-order valence-electron chi connectivity index (χ4n) is 0.946. The van der Waals surface area contributed by atoms with E-state index in [9.17, 15) is 4.79 Å². The lowest BCUT2D eigenvalue weighted by Gasteiger charge is -2.02. The van der Waals surface area contributed by atoms with Gasteiger partial charge in [0.1, 0.15) is 0 Å². The number of amides is 1. The van der Waals surface area contributed by atoms with Crippen LogP contribution in [0.1, 0.15) is 24.6 Å². The van der Waals surface area contributed by atoms with Gasteiger partial charge in [0.15, 0.2) is 0 Å². The summed E-state index contributed by atoms with van der Waals surface area (Å²) in [4.78, 5) is 12.3. The summed E-state index contributed by atoms with van der Waals surface area (Å²) >= 11 is 5.06. The van der Waals surface area contributed by atoms with Crippen molar-refractivity contribution in [1.29, 1.82) is 0 Å². The van der Waals surface area contributed by atoms with Gasteiger partial charge >= 0.3 is 0 Å². The summed E-state index contributed by atoms with van der Waals surface area (Å²) in [6.07, 6.45) is 1.51. The van der Waals surface area contributed by atoms with Crippen molar-refractivity contribution in [3.8, 4) is 0 Å². The van der Waals surface area contributed by atoms with E-state index in [4.69, 9.17) is 0 Å². The van der Waals surface area contributed by atoms with Crippen LogP contribution in [-0.4, -0.2) is 5.91 Å². The molecule has 72 valence electrons. The molecule has 1 N–H and O–H groups in total. The summed E-state index contributed by atoms with van der Waals surface area (Å²) in [5, 5.41) is 4.87. The standard InChI is InChI=1S/C9H12BrNOS/c1-2-3-9(12)11-6-8-7(10)4-5-13-8/h4-5H,2-3,6H2,1H3,(H,11,12). The maximum absolute atomic E-state index is 11.1. The lowest BCUT2D eigenvalue weighted by molar-refractivity contribution is -0.121. The third kappa shape index (κ3) is 3.48. The van der Waals surface area contributed by atoms with Gasteiger partial charge in [0, 0.05) is 15.8 Å². The van der Waals surface area contributed by atoms with Crippen LogP contribution in [0.5, 0.6) is 0 Å². The van der Waals surface area contributed by atoms with Gasteiger partial charge in [0.25, 0.3) is 0 Å². The van der Waals surface area contributed by atoms with Gasteiger partial charge in [-0.25, -0.2) is 0 Å². The monoisotopic (exact) mass is 261 g/mol. The van der Waals surface area contributed by atoms with Crippen molar-refractivity contribution in [2.45, 2.75) is 26.3 Å². The minimum atomic E-state index is 0.128. The zero-order valence-corrected chi connectivity index (χ0v) is 9.87. The predicted octanol–water partition coefficient (Wildman–Crippen LogP) is 2.93. The van der Waals surface area contributed by atoms with Gasteiger partial charge in [-0.15, -0.1) is 11.3 Å². The predicted molar refractivity (Wildman–Crippen MR) is 58.8 cm³/mol. The number of carbonyl (C=O) groups is 1. The summed E-state index contributed by atoms with van der Waals surface area (Å²) < 4.78 is 1.08. The summed E-state index contributed by atoms with van der Waals surface area (Å²) in [7, 11) is 0. The highest BCUT2D eigenvalue weighted by molar-refractivity contribution is 9.10. The highest BCUT2D eigenvalue weighted by atomic mass is 79.9. The topological polar surface area (TPSA) is 29.1 Å². The zero-order chi connectivity index (χ0) is 9.68. The third-order valence-corrected chi connectivity index (χ3v) is 3.54. The lowest BCUT2D eigenvalue weighted by Crippen LogP contribution is -2.21. The molecule has 1 heterocycles. The van der Waals surface area contributed by atoms with Crippen molar-refractivity contribution in [2.24, 2.45) is 0 Å². The van der Waals surface area contributed by atoms with E-state index in [1.54, 1.807) is 11.3 Å². The van der Waals surface area contributed by atoms with E-state index in [1.807, 2.05) is 18.4 Å². The fourth-order valence-corrected chi connectivity index (χ4v) is 2.38. The molecule has 0 bridgehead atoms. The smallest absolute Gasteiger partial charge is 0.220 e. The van der Waals surface area contributed by atoms with E-state index < -0.39 is 0 Å². The van der Waals surface area contributed by atoms with Gasteiger partial charge in [-0.3, -0.25) is 4.79 Å². The van der Waals surface area contributed by atoms with Gasteiger partial charge < -0.3 is 5.32 Å². The van der Waals surface area contributed by atoms with Crippen molar-refractivity contribution in [2.75, 3.05) is 0 Å². The molecule has 0 fully saturated rings. The molecule has 1 amide bonds. The van der Waals surface area contributed by atoms with Crippen LogP contribution in [0.25, 0.3) is 0 Å². The van der Waals surface area contributed by atoms with Crippen molar-refractivity contribution < 1.29 is 4.79 Å². The van der Waals surface area contributed by atoms with Crippen LogP contribution < -0.4 is 5.32 Å². The SMILES string of the molecule is CCCC(=O)NCc1sccc1Br. The Morgan fingerprint density at radius 2 is 2.46 bits per heavy atom. The molecule has 1 aromatic rings. The Kier molecular flexibility index (Phi) is 4.45. The second-order valence-corrected chi connectivity index (χ2v) is 4.57. The Hall–Kier alpha value is -0.350. The molecular weight excluding hydrogens is 250 g/mol. The average molecular weight is 262 g/mol. The highest BCUT2D eigenvalue weighted by Crippen LogP contribution is 2.22. The van der Waals surface area contributed by atoms with Crippen molar-refractivity contribution >= 4 is 33.2 Å². The van der Waals surface area contributed by atoms with Crippen LogP contribution in [0.4, 0.5) is 0 Å². The first kappa shape index (κ1) is 10.7. The Morgan fingerprint density at radius 1 is 1.69 bits per heavy atom. The largest absolute Gasteiger partial charge is 0.351 e. The van der Waals surface area contributed by atoms with Crippen LogP contribution in [0, 0.1) is 0 Å². The van der Waals surface area contributed by atoms with Gasteiger partial charge in [-0.05, 0) is 33.8 Å². The Balaban J connectivity index is 2.35. The summed E-state index contributed by atoms with van der Waals surface area (Å²) in [5.74, 6) is 0.128. The molecule has 0 aromatic carbocycles. The molecule has 0 saturated heterocycles. The van der Waals surface area contributed by atoms with Crippen molar-refractivity contribution in [1.82, 2.24) is 5.32 Å². The van der Waals surface area contributed by atoms with E-state index >= 15 is 0 Å². The molecule has 4 heteroatoms. The summed E-state index contributed by atoms with van der Waals surface area (Å²) in [6, 6.07) is 1.99. The molecule has 0 aliphatic heterocycles. The molecule has 0 radical (unpaired) electrons. The lowest BCUT2D eigenvalue weighted by atomic mass is 10.3. The fraction of sp³-hybridized carbons (Fsp3) is 0.444. The van der Waals surface area contributed by atoms with E-state index in [0.717, 1.165) is 10.9 Å². The average Bonchev–Trinajstić information content (AvgIpc) is 2.48. The molecule has 13 heavy (non-hydrogen) atoms. The van der Waals surface area contributed by atoms with Crippen molar-refractivity contribution in [3.05, 3.63) is 20.8 Å². The molecule has 1 rings (SSSR count). The molecule has 0 aliphatic rings. The van der Waals surface area contributed by atoms with Gasteiger partial charge in [-0.2, -0.15) is 0 Å². The molecular formula is C9H12BrNOS. The van der Waals surface area contributed by atoms with Crippen LogP contribution in [0.3, 0.4) is 0 Å². The number of nitrogens with one attached hydrogen (secondary N) is 1. The van der Waals surface area contributed by atoms with Crippen LogP contribution in [0.2, 0.25) is 0 Å². The first-order chi connectivity index (χ1) is 6.24. The number of hydrogen-bond acceptors (Lipinski definition) is 2.